The summed E-state index contributed by atoms with van der Waals surface area (Å²) in [5.74, 6) is 0. The first-order valence-electron chi connectivity index (χ1n) is 8.60. The van der Waals surface area contributed by atoms with Gasteiger partial charge >= 0.3 is 0 Å². The molecule has 2 nitrogen and oxygen atoms in total. The van der Waals surface area contributed by atoms with Gasteiger partial charge in [0.05, 0.1) is 5.60 Å². The molecule has 0 saturated heterocycles. The van der Waals surface area contributed by atoms with Crippen LogP contribution in [0.1, 0.15) is 52.7 Å². The molecule has 0 aliphatic carbocycles. The third-order valence-electron chi connectivity index (χ3n) is 4.18. The Kier molecular flexibility index (Phi) is 5.52. The fraction of sp³-hybridized carbons (Fsp3) is 0.455. The number of rotatable bonds is 5. The number of benzene rings is 2. The summed E-state index contributed by atoms with van der Waals surface area (Å²) in [6.45, 7) is 12.6. The van der Waals surface area contributed by atoms with Gasteiger partial charge in [-0.15, -0.1) is 0 Å². The van der Waals surface area contributed by atoms with E-state index in [2.05, 4.69) is 69.3 Å². The highest BCUT2D eigenvalue weighted by Crippen LogP contribution is 2.46. The van der Waals surface area contributed by atoms with Crippen molar-refractivity contribution in [1.82, 2.24) is 0 Å². The molecule has 0 N–H and O–H groups in total. The Morgan fingerprint density at radius 2 is 1.17 bits per heavy atom. The van der Waals surface area contributed by atoms with Crippen LogP contribution in [0, 0.1) is 5.41 Å². The van der Waals surface area contributed by atoms with Gasteiger partial charge in [-0.1, -0.05) is 81.4 Å². The molecule has 0 radical (unpaired) electrons. The second-order valence-corrected chi connectivity index (χ2v) is 8.38. The predicted molar refractivity (Wildman–Crippen MR) is 99.6 cm³/mol. The summed E-state index contributed by atoms with van der Waals surface area (Å²) in [5, 5.41) is 0. The van der Waals surface area contributed by atoms with Gasteiger partial charge in [0.1, 0.15) is 5.60 Å². The van der Waals surface area contributed by atoms with Crippen molar-refractivity contribution in [2.24, 2.45) is 5.41 Å². The summed E-state index contributed by atoms with van der Waals surface area (Å²) in [7, 11) is 0. The van der Waals surface area contributed by atoms with Crippen LogP contribution in [-0.4, -0.2) is 5.60 Å². The smallest absolute Gasteiger partial charge is 0.137 e. The van der Waals surface area contributed by atoms with E-state index in [-0.39, 0.29) is 11.0 Å². The molecular formula is C22H30O2. The first kappa shape index (κ1) is 18.7. The van der Waals surface area contributed by atoms with Crippen LogP contribution in [0.3, 0.4) is 0 Å². The second kappa shape index (κ2) is 7.08. The van der Waals surface area contributed by atoms with Gasteiger partial charge in [-0.2, -0.15) is 0 Å². The van der Waals surface area contributed by atoms with Gasteiger partial charge in [0.25, 0.3) is 0 Å². The van der Waals surface area contributed by atoms with Crippen LogP contribution in [0.4, 0.5) is 0 Å². The number of hydrogen-bond acceptors (Lipinski definition) is 2. The van der Waals surface area contributed by atoms with E-state index in [0.717, 1.165) is 12.0 Å². The van der Waals surface area contributed by atoms with E-state index in [1.54, 1.807) is 0 Å². The molecule has 1 unspecified atom stereocenters. The Labute approximate surface area is 146 Å². The van der Waals surface area contributed by atoms with Gasteiger partial charge in [0.2, 0.25) is 0 Å². The molecule has 0 saturated carbocycles. The lowest BCUT2D eigenvalue weighted by Crippen LogP contribution is -2.46. The quantitative estimate of drug-likeness (QED) is 0.502. The van der Waals surface area contributed by atoms with Crippen LogP contribution >= 0.6 is 0 Å². The summed E-state index contributed by atoms with van der Waals surface area (Å²) in [6.07, 6.45) is 0.747. The zero-order valence-electron chi connectivity index (χ0n) is 15.8. The van der Waals surface area contributed by atoms with Gasteiger partial charge in [0.15, 0.2) is 0 Å². The minimum absolute atomic E-state index is 0.157. The summed E-state index contributed by atoms with van der Waals surface area (Å²) in [4.78, 5) is 12.1. The predicted octanol–water partition coefficient (Wildman–Crippen LogP) is 5.92. The van der Waals surface area contributed by atoms with Crippen LogP contribution in [0.5, 0.6) is 0 Å². The van der Waals surface area contributed by atoms with Crippen molar-refractivity contribution < 1.29 is 9.78 Å². The van der Waals surface area contributed by atoms with Crippen molar-refractivity contribution in [3.8, 4) is 0 Å². The molecule has 0 bridgehead atoms. The lowest BCUT2D eigenvalue weighted by molar-refractivity contribution is -0.427. The van der Waals surface area contributed by atoms with E-state index in [1.807, 2.05) is 32.9 Å². The Balaban J connectivity index is 2.51. The summed E-state index contributed by atoms with van der Waals surface area (Å²) in [6, 6.07) is 20.9. The lowest BCUT2D eigenvalue weighted by atomic mass is 9.69. The average molecular weight is 326 g/mol. The topological polar surface area (TPSA) is 18.5 Å². The number of hydrogen-bond donors (Lipinski definition) is 0. The standard InChI is InChI=1S/C22H30O2/c1-20(2,3)22(24-23-21(4,5)6,19-15-11-8-12-16-19)17-18-13-9-7-10-14-18/h7-16H,17H2,1-6H3. The molecule has 1 atom stereocenters. The summed E-state index contributed by atoms with van der Waals surface area (Å²) >= 11 is 0. The Morgan fingerprint density at radius 3 is 1.62 bits per heavy atom. The fourth-order valence-electron chi connectivity index (χ4n) is 2.79. The molecule has 2 rings (SSSR count). The van der Waals surface area contributed by atoms with Crippen molar-refractivity contribution in [2.45, 2.75) is 59.2 Å². The largest absolute Gasteiger partial charge is 0.230 e. The first-order chi connectivity index (χ1) is 11.1. The monoisotopic (exact) mass is 326 g/mol. The SMILES string of the molecule is CC(C)(C)OOC(Cc1ccccc1)(c1ccccc1)C(C)(C)C. The molecule has 2 heteroatoms. The van der Waals surface area contributed by atoms with E-state index in [0.29, 0.717) is 0 Å². The fourth-order valence-corrected chi connectivity index (χ4v) is 2.79. The molecule has 0 heterocycles. The molecule has 0 spiro atoms. The average Bonchev–Trinajstić information content (AvgIpc) is 2.51. The Hall–Kier alpha value is -1.64. The molecular weight excluding hydrogens is 296 g/mol. The maximum absolute atomic E-state index is 6.25. The van der Waals surface area contributed by atoms with Gasteiger partial charge in [-0.05, 0) is 37.3 Å². The molecule has 24 heavy (non-hydrogen) atoms. The molecule has 0 aliphatic heterocycles. The van der Waals surface area contributed by atoms with Crippen LogP contribution < -0.4 is 0 Å². The second-order valence-electron chi connectivity index (χ2n) is 8.38. The first-order valence-corrected chi connectivity index (χ1v) is 8.60. The van der Waals surface area contributed by atoms with Crippen molar-refractivity contribution in [1.29, 1.82) is 0 Å². The third-order valence-corrected chi connectivity index (χ3v) is 4.18. The van der Waals surface area contributed by atoms with E-state index < -0.39 is 5.60 Å². The summed E-state index contributed by atoms with van der Waals surface area (Å²) in [5.41, 5.74) is 1.25. The van der Waals surface area contributed by atoms with Crippen molar-refractivity contribution in [3.63, 3.8) is 0 Å². The highest BCUT2D eigenvalue weighted by atomic mass is 17.2. The van der Waals surface area contributed by atoms with E-state index in [1.165, 1.54) is 5.56 Å². The van der Waals surface area contributed by atoms with Gasteiger partial charge < -0.3 is 0 Å². The lowest BCUT2D eigenvalue weighted by Gasteiger charge is -2.45. The maximum Gasteiger partial charge on any atom is 0.137 e. The van der Waals surface area contributed by atoms with Crippen molar-refractivity contribution in [3.05, 3.63) is 71.8 Å². The maximum atomic E-state index is 6.25. The normalized spacial score (nSPS) is 15.1. The molecule has 0 aromatic heterocycles. The highest BCUT2D eigenvalue weighted by Gasteiger charge is 2.47. The van der Waals surface area contributed by atoms with Crippen LogP contribution in [0.2, 0.25) is 0 Å². The van der Waals surface area contributed by atoms with Crippen molar-refractivity contribution in [2.75, 3.05) is 0 Å². The third kappa shape index (κ3) is 4.46. The van der Waals surface area contributed by atoms with Crippen LogP contribution in [0.15, 0.2) is 60.7 Å². The minimum atomic E-state index is -0.580. The van der Waals surface area contributed by atoms with Gasteiger partial charge in [-0.25, -0.2) is 9.78 Å². The van der Waals surface area contributed by atoms with E-state index >= 15 is 0 Å². The molecule has 0 aliphatic rings. The summed E-state index contributed by atoms with van der Waals surface area (Å²) < 4.78 is 0. The zero-order valence-corrected chi connectivity index (χ0v) is 15.8. The van der Waals surface area contributed by atoms with Crippen LogP contribution in [-0.2, 0) is 21.8 Å². The molecule has 130 valence electrons. The Bertz CT molecular complexity index is 621. The molecule has 2 aromatic carbocycles. The zero-order chi connectivity index (χ0) is 17.8. The van der Waals surface area contributed by atoms with Crippen LogP contribution in [0.25, 0.3) is 0 Å². The van der Waals surface area contributed by atoms with E-state index in [4.69, 9.17) is 9.78 Å². The van der Waals surface area contributed by atoms with Crippen molar-refractivity contribution >= 4 is 0 Å². The van der Waals surface area contributed by atoms with Gasteiger partial charge in [-0.3, -0.25) is 0 Å². The Morgan fingerprint density at radius 1 is 0.667 bits per heavy atom. The van der Waals surface area contributed by atoms with Gasteiger partial charge in [0, 0.05) is 6.42 Å². The van der Waals surface area contributed by atoms with E-state index in [9.17, 15) is 0 Å². The highest BCUT2D eigenvalue weighted by molar-refractivity contribution is 5.29. The molecule has 0 fully saturated rings. The molecule has 2 aromatic rings. The minimum Gasteiger partial charge on any atom is -0.230 e. The molecule has 0 amide bonds.